The average molecular weight is 381 g/mol. The van der Waals surface area contributed by atoms with Crippen LogP contribution in [0.5, 0.6) is 0 Å². The Kier molecular flexibility index (Phi) is 6.72. The predicted octanol–water partition coefficient (Wildman–Crippen LogP) is 3.12. The zero-order valence-electron chi connectivity index (χ0n) is 15.1. The molecule has 0 saturated carbocycles. The second-order valence-electron chi connectivity index (χ2n) is 7.00. The van der Waals surface area contributed by atoms with Crippen LogP contribution in [0.15, 0.2) is 29.2 Å². The van der Waals surface area contributed by atoms with Crippen LogP contribution in [0.1, 0.15) is 30.6 Å². The number of amides is 1. The van der Waals surface area contributed by atoms with Gasteiger partial charge in [-0.3, -0.25) is 9.69 Å². The molecule has 1 atom stereocenters. The van der Waals surface area contributed by atoms with Crippen LogP contribution in [0.4, 0.5) is 0 Å². The minimum absolute atomic E-state index is 0.0330. The molecule has 2 aliphatic rings. The number of carbonyl (C=O) groups is 1. The van der Waals surface area contributed by atoms with Crippen molar-refractivity contribution in [3.05, 3.63) is 29.8 Å². The summed E-state index contributed by atoms with van der Waals surface area (Å²) in [6.07, 6.45) is 1.14. The van der Waals surface area contributed by atoms with Gasteiger partial charge in [0.25, 0.3) is 5.91 Å². The maximum absolute atomic E-state index is 12.6. The van der Waals surface area contributed by atoms with Gasteiger partial charge in [0.2, 0.25) is 0 Å². The lowest BCUT2D eigenvalue weighted by atomic mass is 9.95. The summed E-state index contributed by atoms with van der Waals surface area (Å²) in [4.78, 5) is 16.3. The molecule has 2 saturated heterocycles. The number of nitrogens with zero attached hydrogens (tertiary/aromatic N) is 1. The number of hydrogen-bond acceptors (Lipinski definition) is 5. The highest BCUT2D eigenvalue weighted by Crippen LogP contribution is 2.33. The molecule has 1 amide bonds. The Bertz CT molecular complexity index is 565. The molecule has 25 heavy (non-hydrogen) atoms. The summed E-state index contributed by atoms with van der Waals surface area (Å²) in [6.45, 7) is 8.62. The molecule has 6 heteroatoms. The summed E-state index contributed by atoms with van der Waals surface area (Å²) in [5.74, 6) is 2.30. The van der Waals surface area contributed by atoms with E-state index in [4.69, 9.17) is 4.74 Å². The van der Waals surface area contributed by atoms with Crippen LogP contribution < -0.4 is 5.32 Å². The first-order chi connectivity index (χ1) is 12.1. The van der Waals surface area contributed by atoms with Crippen LogP contribution in [-0.2, 0) is 4.74 Å². The minimum atomic E-state index is 0.0330. The molecule has 2 heterocycles. The molecule has 2 aliphatic heterocycles. The molecule has 1 unspecified atom stereocenters. The lowest BCUT2D eigenvalue weighted by molar-refractivity contribution is -0.0129. The van der Waals surface area contributed by atoms with E-state index in [2.05, 4.69) is 24.1 Å². The van der Waals surface area contributed by atoms with Crippen LogP contribution in [0, 0.1) is 0 Å². The van der Waals surface area contributed by atoms with Crippen molar-refractivity contribution < 1.29 is 9.53 Å². The Balaban J connectivity index is 1.59. The van der Waals surface area contributed by atoms with E-state index in [1.807, 2.05) is 47.8 Å². The minimum Gasteiger partial charge on any atom is -0.379 e. The van der Waals surface area contributed by atoms with Crippen LogP contribution in [0.3, 0.4) is 0 Å². The number of morpholine rings is 1. The Morgan fingerprint density at radius 1 is 1.32 bits per heavy atom. The van der Waals surface area contributed by atoms with E-state index in [1.165, 1.54) is 10.6 Å². The molecule has 2 fully saturated rings. The van der Waals surface area contributed by atoms with E-state index in [0.29, 0.717) is 5.25 Å². The highest BCUT2D eigenvalue weighted by molar-refractivity contribution is 8.00. The van der Waals surface area contributed by atoms with Crippen molar-refractivity contribution in [1.82, 2.24) is 10.2 Å². The molecule has 0 radical (unpaired) electrons. The van der Waals surface area contributed by atoms with Gasteiger partial charge in [0.15, 0.2) is 0 Å². The van der Waals surface area contributed by atoms with Gasteiger partial charge in [-0.2, -0.15) is 11.8 Å². The second kappa shape index (κ2) is 8.80. The number of carbonyl (C=O) groups excluding carboxylic acids is 1. The summed E-state index contributed by atoms with van der Waals surface area (Å²) in [5.41, 5.74) is 0.841. The van der Waals surface area contributed by atoms with Gasteiger partial charge in [0.1, 0.15) is 0 Å². The average Bonchev–Trinajstić information content (AvgIpc) is 3.11. The summed E-state index contributed by atoms with van der Waals surface area (Å²) >= 11 is 3.81. The van der Waals surface area contributed by atoms with Gasteiger partial charge in [-0.1, -0.05) is 13.8 Å². The summed E-state index contributed by atoms with van der Waals surface area (Å²) < 4.78 is 5.50. The van der Waals surface area contributed by atoms with E-state index in [9.17, 15) is 4.79 Å². The van der Waals surface area contributed by atoms with Gasteiger partial charge in [-0.05, 0) is 36.4 Å². The van der Waals surface area contributed by atoms with E-state index >= 15 is 0 Å². The third-order valence-electron chi connectivity index (χ3n) is 4.83. The van der Waals surface area contributed by atoms with Gasteiger partial charge in [-0.25, -0.2) is 0 Å². The van der Waals surface area contributed by atoms with Crippen LogP contribution in [0.25, 0.3) is 0 Å². The Morgan fingerprint density at radius 3 is 2.64 bits per heavy atom. The van der Waals surface area contributed by atoms with Crippen molar-refractivity contribution in [2.24, 2.45) is 0 Å². The third kappa shape index (κ3) is 4.94. The van der Waals surface area contributed by atoms with Crippen molar-refractivity contribution in [2.75, 3.05) is 44.4 Å². The SMILES string of the molecule is CC(C)Sc1ccc(C(=O)NCC2(N3CCOCC3)CCSC2)cc1. The van der Waals surface area contributed by atoms with Gasteiger partial charge in [-0.15, -0.1) is 11.8 Å². The fourth-order valence-corrected chi connectivity index (χ4v) is 5.75. The molecule has 4 nitrogen and oxygen atoms in total. The monoisotopic (exact) mass is 380 g/mol. The fourth-order valence-electron chi connectivity index (χ4n) is 3.44. The Labute approximate surface area is 159 Å². The van der Waals surface area contributed by atoms with Gasteiger partial charge in [0, 0.05) is 46.6 Å². The number of benzene rings is 1. The molecular weight excluding hydrogens is 352 g/mol. The Morgan fingerprint density at radius 2 is 2.04 bits per heavy atom. The molecule has 0 bridgehead atoms. The molecule has 0 aliphatic carbocycles. The molecule has 0 spiro atoms. The Hall–Kier alpha value is -0.690. The maximum atomic E-state index is 12.6. The lowest BCUT2D eigenvalue weighted by Gasteiger charge is -2.43. The number of ether oxygens (including phenoxy) is 1. The van der Waals surface area contributed by atoms with E-state index in [-0.39, 0.29) is 11.4 Å². The quantitative estimate of drug-likeness (QED) is 0.768. The van der Waals surface area contributed by atoms with Crippen LogP contribution in [-0.4, -0.2) is 65.9 Å². The molecule has 1 N–H and O–H groups in total. The zero-order valence-corrected chi connectivity index (χ0v) is 16.8. The summed E-state index contributed by atoms with van der Waals surface area (Å²) in [5, 5.41) is 3.75. The second-order valence-corrected chi connectivity index (χ2v) is 9.76. The number of nitrogens with one attached hydrogen (secondary N) is 1. The van der Waals surface area contributed by atoms with E-state index in [0.717, 1.165) is 50.6 Å². The number of thioether (sulfide) groups is 2. The zero-order chi connectivity index (χ0) is 17.7. The third-order valence-corrected chi connectivity index (χ3v) is 7.08. The predicted molar refractivity (Wildman–Crippen MR) is 107 cm³/mol. The highest BCUT2D eigenvalue weighted by Gasteiger charge is 2.40. The molecule has 138 valence electrons. The topological polar surface area (TPSA) is 41.6 Å². The first-order valence-electron chi connectivity index (χ1n) is 9.04. The van der Waals surface area contributed by atoms with Gasteiger partial charge < -0.3 is 10.1 Å². The number of hydrogen-bond donors (Lipinski definition) is 1. The molecule has 1 aromatic rings. The standard InChI is InChI=1S/C19H28N2O2S2/c1-15(2)25-17-5-3-16(4-6-17)18(22)20-13-19(7-12-24-14-19)21-8-10-23-11-9-21/h3-6,15H,7-14H2,1-2H3,(H,20,22). The van der Waals surface area contributed by atoms with Crippen molar-refractivity contribution in [3.63, 3.8) is 0 Å². The lowest BCUT2D eigenvalue weighted by Crippen LogP contribution is -2.59. The smallest absolute Gasteiger partial charge is 0.251 e. The molecule has 1 aromatic carbocycles. The highest BCUT2D eigenvalue weighted by atomic mass is 32.2. The molecule has 0 aromatic heterocycles. The maximum Gasteiger partial charge on any atom is 0.251 e. The van der Waals surface area contributed by atoms with Crippen LogP contribution in [0.2, 0.25) is 0 Å². The van der Waals surface area contributed by atoms with Crippen molar-refractivity contribution >= 4 is 29.4 Å². The van der Waals surface area contributed by atoms with Crippen molar-refractivity contribution in [3.8, 4) is 0 Å². The first-order valence-corrected chi connectivity index (χ1v) is 11.1. The molecular formula is C19H28N2O2S2. The van der Waals surface area contributed by atoms with Gasteiger partial charge >= 0.3 is 0 Å². The first kappa shape index (κ1) is 19.1. The van der Waals surface area contributed by atoms with E-state index in [1.54, 1.807) is 0 Å². The number of rotatable bonds is 6. The largest absolute Gasteiger partial charge is 0.379 e. The molecule has 3 rings (SSSR count). The van der Waals surface area contributed by atoms with Crippen molar-refractivity contribution in [2.45, 2.75) is 36.0 Å². The van der Waals surface area contributed by atoms with Crippen LogP contribution >= 0.6 is 23.5 Å². The van der Waals surface area contributed by atoms with Gasteiger partial charge in [0.05, 0.1) is 13.2 Å². The summed E-state index contributed by atoms with van der Waals surface area (Å²) in [6, 6.07) is 7.96. The normalized spacial score (nSPS) is 24.6. The van der Waals surface area contributed by atoms with E-state index < -0.39 is 0 Å². The van der Waals surface area contributed by atoms with Crippen molar-refractivity contribution in [1.29, 1.82) is 0 Å². The summed E-state index contributed by atoms with van der Waals surface area (Å²) in [7, 11) is 0. The fraction of sp³-hybridized carbons (Fsp3) is 0.632.